The van der Waals surface area contributed by atoms with Gasteiger partial charge in [0.05, 0.1) is 11.5 Å². The number of likely N-dealkylation sites (tertiary alicyclic amines) is 1. The molecule has 0 aliphatic carbocycles. The average Bonchev–Trinajstić information content (AvgIpc) is 3.30. The third-order valence-corrected chi connectivity index (χ3v) is 6.27. The SMILES string of the molecule is CCN1CCC(c2c(O)cc(O)c3c(=O)cc(-c4cccs4)oc23)C1CO.Cl. The molecule has 0 amide bonds. The number of halogens is 1. The molecule has 2 atom stereocenters. The molecule has 150 valence electrons. The normalized spacial score (nSPS) is 19.8. The number of aliphatic hydroxyl groups excluding tert-OH is 1. The van der Waals surface area contributed by atoms with Crippen LogP contribution in [0.3, 0.4) is 0 Å². The van der Waals surface area contributed by atoms with Gasteiger partial charge in [-0.05, 0) is 31.0 Å². The molecular formula is C20H22ClNO5S. The molecule has 0 bridgehead atoms. The lowest BCUT2D eigenvalue weighted by atomic mass is 9.89. The lowest BCUT2D eigenvalue weighted by molar-refractivity contribution is 0.155. The van der Waals surface area contributed by atoms with Crippen molar-refractivity contribution in [2.75, 3.05) is 19.7 Å². The fraction of sp³-hybridized carbons (Fsp3) is 0.350. The minimum atomic E-state index is -0.357. The first kappa shape index (κ1) is 20.7. The monoisotopic (exact) mass is 423 g/mol. The summed E-state index contributed by atoms with van der Waals surface area (Å²) in [5, 5.41) is 32.7. The van der Waals surface area contributed by atoms with Crippen LogP contribution < -0.4 is 5.43 Å². The van der Waals surface area contributed by atoms with Gasteiger partial charge in [0.2, 0.25) is 0 Å². The smallest absolute Gasteiger partial charge is 0.197 e. The first-order valence-electron chi connectivity index (χ1n) is 8.96. The Morgan fingerprint density at radius 2 is 2.07 bits per heavy atom. The Hall–Kier alpha value is -2.06. The standard InChI is InChI=1S/C20H21NO5S.ClH/c1-2-21-6-5-11(12(21)10-22)18-13(23)8-14(24)19-15(25)9-16(26-20(18)19)17-4-3-7-27-17;/h3-4,7-9,11-12,22-24H,2,5-6,10H2,1H3;1H. The number of hydrogen-bond acceptors (Lipinski definition) is 7. The number of nitrogens with zero attached hydrogens (tertiary/aromatic N) is 1. The van der Waals surface area contributed by atoms with Gasteiger partial charge < -0.3 is 19.7 Å². The van der Waals surface area contributed by atoms with Crippen molar-refractivity contribution in [3.63, 3.8) is 0 Å². The minimum Gasteiger partial charge on any atom is -0.507 e. The summed E-state index contributed by atoms with van der Waals surface area (Å²) in [5.41, 5.74) is 0.322. The van der Waals surface area contributed by atoms with Gasteiger partial charge in [0.25, 0.3) is 0 Å². The van der Waals surface area contributed by atoms with Crippen LogP contribution in [0.4, 0.5) is 0 Å². The Labute approximate surface area is 172 Å². The average molecular weight is 424 g/mol. The van der Waals surface area contributed by atoms with Gasteiger partial charge in [-0.1, -0.05) is 13.0 Å². The van der Waals surface area contributed by atoms with Gasteiger partial charge >= 0.3 is 0 Å². The van der Waals surface area contributed by atoms with Crippen molar-refractivity contribution in [2.45, 2.75) is 25.3 Å². The molecule has 1 aliphatic heterocycles. The number of hydrogen-bond donors (Lipinski definition) is 3. The lowest BCUT2D eigenvalue weighted by Crippen LogP contribution is -2.35. The van der Waals surface area contributed by atoms with Crippen LogP contribution in [-0.2, 0) is 0 Å². The lowest BCUT2D eigenvalue weighted by Gasteiger charge is -2.26. The highest BCUT2D eigenvalue weighted by atomic mass is 35.5. The van der Waals surface area contributed by atoms with Gasteiger partial charge in [-0.15, -0.1) is 23.7 Å². The topological polar surface area (TPSA) is 94.1 Å². The summed E-state index contributed by atoms with van der Waals surface area (Å²) in [5.74, 6) is -0.212. The first-order chi connectivity index (χ1) is 13.0. The molecule has 2 unspecified atom stereocenters. The van der Waals surface area contributed by atoms with Crippen molar-refractivity contribution in [3.05, 3.63) is 45.4 Å². The van der Waals surface area contributed by atoms with E-state index in [2.05, 4.69) is 4.90 Å². The van der Waals surface area contributed by atoms with E-state index in [1.54, 1.807) is 0 Å². The summed E-state index contributed by atoms with van der Waals surface area (Å²) >= 11 is 1.44. The van der Waals surface area contributed by atoms with Crippen LogP contribution in [0.1, 0.15) is 24.8 Å². The van der Waals surface area contributed by atoms with Gasteiger partial charge in [0.1, 0.15) is 28.2 Å². The van der Waals surface area contributed by atoms with Crippen LogP contribution in [0, 0.1) is 0 Å². The van der Waals surface area contributed by atoms with E-state index in [4.69, 9.17) is 4.42 Å². The molecule has 4 rings (SSSR count). The predicted octanol–water partition coefficient (Wildman–Crippen LogP) is 3.52. The van der Waals surface area contributed by atoms with E-state index in [1.807, 2.05) is 24.4 Å². The summed E-state index contributed by atoms with van der Waals surface area (Å²) in [4.78, 5) is 15.6. The van der Waals surface area contributed by atoms with E-state index < -0.39 is 0 Å². The molecule has 6 nitrogen and oxygen atoms in total. The van der Waals surface area contributed by atoms with E-state index in [1.165, 1.54) is 23.5 Å². The number of likely N-dealkylation sites (N-methyl/N-ethyl adjacent to an activating group) is 1. The molecule has 1 aromatic carbocycles. The number of aliphatic hydroxyl groups is 1. The third-order valence-electron chi connectivity index (χ3n) is 5.39. The minimum absolute atomic E-state index is 0. The largest absolute Gasteiger partial charge is 0.507 e. The van der Waals surface area contributed by atoms with Crippen molar-refractivity contribution >= 4 is 34.7 Å². The number of thiophene rings is 1. The highest BCUT2D eigenvalue weighted by Crippen LogP contribution is 2.44. The maximum Gasteiger partial charge on any atom is 0.197 e. The number of phenolic OH excluding ortho intramolecular Hbond substituents is 2. The van der Waals surface area contributed by atoms with Crippen LogP contribution in [-0.4, -0.2) is 46.0 Å². The van der Waals surface area contributed by atoms with Crippen molar-refractivity contribution in [1.29, 1.82) is 0 Å². The number of aromatic hydroxyl groups is 2. The van der Waals surface area contributed by atoms with Crippen LogP contribution in [0.2, 0.25) is 0 Å². The Bertz CT molecular complexity index is 1030. The molecule has 1 fully saturated rings. The summed E-state index contributed by atoms with van der Waals surface area (Å²) in [6.07, 6.45) is 0.722. The van der Waals surface area contributed by atoms with E-state index in [0.717, 1.165) is 24.4 Å². The fourth-order valence-electron chi connectivity index (χ4n) is 4.11. The summed E-state index contributed by atoms with van der Waals surface area (Å²) in [6, 6.07) is 6.10. The van der Waals surface area contributed by atoms with Crippen molar-refractivity contribution in [3.8, 4) is 22.1 Å². The molecule has 28 heavy (non-hydrogen) atoms. The molecule has 3 aromatic rings. The van der Waals surface area contributed by atoms with E-state index >= 15 is 0 Å². The van der Waals surface area contributed by atoms with Crippen molar-refractivity contribution in [1.82, 2.24) is 4.90 Å². The molecule has 2 aromatic heterocycles. The quantitative estimate of drug-likeness (QED) is 0.594. The molecule has 1 aliphatic rings. The summed E-state index contributed by atoms with van der Waals surface area (Å²) in [6.45, 7) is 3.52. The van der Waals surface area contributed by atoms with Gasteiger partial charge in [-0.25, -0.2) is 0 Å². The number of phenols is 2. The van der Waals surface area contributed by atoms with Crippen LogP contribution in [0.25, 0.3) is 21.6 Å². The molecule has 0 radical (unpaired) electrons. The summed E-state index contributed by atoms with van der Waals surface area (Å²) in [7, 11) is 0. The second kappa shape index (κ2) is 8.13. The molecule has 1 saturated heterocycles. The number of rotatable bonds is 4. The zero-order valence-corrected chi connectivity index (χ0v) is 16.9. The van der Waals surface area contributed by atoms with Crippen LogP contribution in [0.5, 0.6) is 11.5 Å². The van der Waals surface area contributed by atoms with Gasteiger partial charge in [-0.3, -0.25) is 9.69 Å². The van der Waals surface area contributed by atoms with Crippen molar-refractivity contribution < 1.29 is 19.7 Å². The van der Waals surface area contributed by atoms with Gasteiger partial charge in [0.15, 0.2) is 5.43 Å². The Kier molecular flexibility index (Phi) is 6.00. The second-order valence-electron chi connectivity index (χ2n) is 6.76. The van der Waals surface area contributed by atoms with Crippen LogP contribution >= 0.6 is 23.7 Å². The van der Waals surface area contributed by atoms with Crippen LogP contribution in [0.15, 0.2) is 38.9 Å². The van der Waals surface area contributed by atoms with Crippen molar-refractivity contribution in [2.24, 2.45) is 0 Å². The zero-order valence-electron chi connectivity index (χ0n) is 15.3. The van der Waals surface area contributed by atoms with E-state index in [9.17, 15) is 20.1 Å². The maximum atomic E-state index is 12.7. The third kappa shape index (κ3) is 3.28. The van der Waals surface area contributed by atoms with E-state index in [-0.39, 0.29) is 58.9 Å². The maximum absolute atomic E-state index is 12.7. The highest BCUT2D eigenvalue weighted by Gasteiger charge is 2.37. The zero-order chi connectivity index (χ0) is 19.1. The fourth-order valence-corrected chi connectivity index (χ4v) is 4.79. The second-order valence-corrected chi connectivity index (χ2v) is 7.71. The molecule has 3 heterocycles. The Balaban J connectivity index is 0.00000225. The number of benzene rings is 1. The molecular weight excluding hydrogens is 402 g/mol. The Morgan fingerprint density at radius 3 is 2.71 bits per heavy atom. The van der Waals surface area contributed by atoms with Gasteiger partial charge in [-0.2, -0.15) is 0 Å². The first-order valence-corrected chi connectivity index (χ1v) is 9.84. The summed E-state index contributed by atoms with van der Waals surface area (Å²) < 4.78 is 6.04. The highest BCUT2D eigenvalue weighted by molar-refractivity contribution is 7.13. The predicted molar refractivity (Wildman–Crippen MR) is 112 cm³/mol. The van der Waals surface area contributed by atoms with Gasteiger partial charge in [0, 0.05) is 29.7 Å². The molecule has 3 N–H and O–H groups in total. The Morgan fingerprint density at radius 1 is 1.29 bits per heavy atom. The number of fused-ring (bicyclic) bond motifs is 1. The molecule has 0 saturated carbocycles. The molecule has 0 spiro atoms. The van der Waals surface area contributed by atoms with E-state index in [0.29, 0.717) is 11.3 Å². The molecule has 8 heteroatoms.